The third-order valence-corrected chi connectivity index (χ3v) is 4.18. The summed E-state index contributed by atoms with van der Waals surface area (Å²) >= 11 is 0. The van der Waals surface area contributed by atoms with Gasteiger partial charge in [-0.15, -0.1) is 0 Å². The van der Waals surface area contributed by atoms with E-state index in [1.807, 2.05) is 0 Å². The summed E-state index contributed by atoms with van der Waals surface area (Å²) in [5.74, 6) is 0. The maximum atomic E-state index is 13.4. The first-order chi connectivity index (χ1) is 9.79. The molecule has 1 unspecified atom stereocenters. The third kappa shape index (κ3) is 3.90. The molecule has 1 fully saturated rings. The summed E-state index contributed by atoms with van der Waals surface area (Å²) in [6, 6.07) is 4.68. The van der Waals surface area contributed by atoms with Gasteiger partial charge in [-0.05, 0) is 43.9 Å². The number of anilines is 1. The van der Waals surface area contributed by atoms with Gasteiger partial charge >= 0.3 is 6.18 Å². The lowest BCUT2D eigenvalue weighted by Gasteiger charge is -2.29. The summed E-state index contributed by atoms with van der Waals surface area (Å²) in [7, 11) is 1.77. The molecule has 0 spiro atoms. The highest BCUT2D eigenvalue weighted by Gasteiger charge is 2.36. The summed E-state index contributed by atoms with van der Waals surface area (Å²) in [5.41, 5.74) is 6.06. The predicted molar refractivity (Wildman–Crippen MR) is 79.5 cm³/mol. The van der Waals surface area contributed by atoms with Crippen molar-refractivity contribution >= 4 is 5.69 Å². The van der Waals surface area contributed by atoms with Crippen LogP contribution in [-0.2, 0) is 12.6 Å². The first-order valence-corrected chi connectivity index (χ1v) is 7.47. The van der Waals surface area contributed by atoms with Crippen molar-refractivity contribution in [1.29, 1.82) is 0 Å². The molecule has 2 N–H and O–H groups in total. The Morgan fingerprint density at radius 3 is 2.43 bits per heavy atom. The second-order valence-corrected chi connectivity index (χ2v) is 6.08. The Kier molecular flexibility index (Phi) is 4.81. The lowest BCUT2D eigenvalue weighted by atomic mass is 10.0. The van der Waals surface area contributed by atoms with E-state index in [-0.39, 0.29) is 17.8 Å². The molecule has 1 aliphatic rings. The van der Waals surface area contributed by atoms with Crippen molar-refractivity contribution in [2.75, 3.05) is 11.9 Å². The molecule has 2 rings (SSSR count). The van der Waals surface area contributed by atoms with Gasteiger partial charge in [-0.3, -0.25) is 0 Å². The average molecular weight is 300 g/mol. The second-order valence-electron chi connectivity index (χ2n) is 6.08. The molecule has 5 heteroatoms. The van der Waals surface area contributed by atoms with Crippen molar-refractivity contribution in [3.05, 3.63) is 29.3 Å². The fourth-order valence-electron chi connectivity index (χ4n) is 3.10. The molecule has 0 radical (unpaired) electrons. The summed E-state index contributed by atoms with van der Waals surface area (Å²) in [6.45, 7) is 1.80. The van der Waals surface area contributed by atoms with Crippen LogP contribution in [0.1, 0.15) is 43.7 Å². The van der Waals surface area contributed by atoms with Crippen molar-refractivity contribution < 1.29 is 13.2 Å². The minimum atomic E-state index is -4.34. The molecule has 2 nitrogen and oxygen atoms in total. The van der Waals surface area contributed by atoms with Gasteiger partial charge < -0.3 is 10.6 Å². The number of nitrogens with zero attached hydrogens (tertiary/aromatic N) is 1. The maximum absolute atomic E-state index is 13.4. The van der Waals surface area contributed by atoms with E-state index >= 15 is 0 Å². The largest absolute Gasteiger partial charge is 0.418 e. The van der Waals surface area contributed by atoms with Crippen molar-refractivity contribution in [3.8, 4) is 0 Å². The average Bonchev–Trinajstić information content (AvgIpc) is 2.90. The minimum absolute atomic E-state index is 0.149. The zero-order chi connectivity index (χ0) is 15.6. The van der Waals surface area contributed by atoms with E-state index in [4.69, 9.17) is 5.73 Å². The highest BCUT2D eigenvalue weighted by atomic mass is 19.4. The molecule has 118 valence electrons. The van der Waals surface area contributed by atoms with Gasteiger partial charge in [-0.25, -0.2) is 0 Å². The van der Waals surface area contributed by atoms with E-state index < -0.39 is 11.7 Å². The van der Waals surface area contributed by atoms with Crippen LogP contribution in [0.2, 0.25) is 0 Å². The Bertz CT molecular complexity index is 477. The number of benzene rings is 1. The van der Waals surface area contributed by atoms with Crippen LogP contribution in [0.25, 0.3) is 0 Å². The molecular weight excluding hydrogens is 277 g/mol. The van der Waals surface area contributed by atoms with Gasteiger partial charge in [0.2, 0.25) is 0 Å². The maximum Gasteiger partial charge on any atom is 0.418 e. The van der Waals surface area contributed by atoms with Crippen molar-refractivity contribution in [1.82, 2.24) is 0 Å². The Morgan fingerprint density at radius 2 is 1.90 bits per heavy atom. The first kappa shape index (κ1) is 16.1. The van der Waals surface area contributed by atoms with Gasteiger partial charge in [0.05, 0.1) is 5.56 Å². The summed E-state index contributed by atoms with van der Waals surface area (Å²) < 4.78 is 40.1. The molecule has 1 atom stereocenters. The van der Waals surface area contributed by atoms with E-state index in [9.17, 15) is 13.2 Å². The van der Waals surface area contributed by atoms with Crippen LogP contribution in [0.4, 0.5) is 18.9 Å². The van der Waals surface area contributed by atoms with E-state index in [0.29, 0.717) is 12.0 Å². The normalized spacial score (nSPS) is 18.0. The number of hydrogen-bond acceptors (Lipinski definition) is 2. The molecular formula is C16H23F3N2. The van der Waals surface area contributed by atoms with Gasteiger partial charge in [0.15, 0.2) is 0 Å². The Morgan fingerprint density at radius 1 is 1.29 bits per heavy atom. The first-order valence-electron chi connectivity index (χ1n) is 7.47. The second kappa shape index (κ2) is 6.26. The van der Waals surface area contributed by atoms with Crippen molar-refractivity contribution in [2.24, 2.45) is 5.73 Å². The highest BCUT2D eigenvalue weighted by Crippen LogP contribution is 2.39. The van der Waals surface area contributed by atoms with Crippen LogP contribution in [0.15, 0.2) is 18.2 Å². The molecule has 1 aromatic carbocycles. The monoisotopic (exact) mass is 300 g/mol. The predicted octanol–water partition coefficient (Wildman–Crippen LogP) is 3.97. The van der Waals surface area contributed by atoms with Gasteiger partial charge in [-0.2, -0.15) is 13.2 Å². The number of halogens is 3. The van der Waals surface area contributed by atoms with Crippen LogP contribution in [0.5, 0.6) is 0 Å². The van der Waals surface area contributed by atoms with Gasteiger partial charge in [0.1, 0.15) is 0 Å². The molecule has 0 aromatic heterocycles. The molecule has 0 saturated heterocycles. The van der Waals surface area contributed by atoms with Crippen LogP contribution in [0.3, 0.4) is 0 Å². The lowest BCUT2D eigenvalue weighted by molar-refractivity contribution is -0.137. The summed E-state index contributed by atoms with van der Waals surface area (Å²) in [6.07, 6.45) is 0.246. The van der Waals surface area contributed by atoms with Crippen LogP contribution >= 0.6 is 0 Å². The lowest BCUT2D eigenvalue weighted by Crippen LogP contribution is -2.31. The fourth-order valence-corrected chi connectivity index (χ4v) is 3.10. The molecule has 21 heavy (non-hydrogen) atoms. The molecule has 0 heterocycles. The van der Waals surface area contributed by atoms with Crippen LogP contribution in [0, 0.1) is 0 Å². The molecule has 1 aromatic rings. The highest BCUT2D eigenvalue weighted by molar-refractivity contribution is 5.57. The fraction of sp³-hybridized carbons (Fsp3) is 0.625. The Balaban J connectivity index is 2.35. The molecule has 1 saturated carbocycles. The Hall–Kier alpha value is -1.23. The van der Waals surface area contributed by atoms with Gasteiger partial charge in [-0.1, -0.05) is 18.9 Å². The SMILES string of the molecule is CC(N)Cc1ccc(N(C)C2CCCC2)c(C(F)(F)F)c1. The zero-order valence-corrected chi connectivity index (χ0v) is 12.6. The third-order valence-electron chi connectivity index (χ3n) is 4.18. The Labute approximate surface area is 124 Å². The number of nitrogens with two attached hydrogens (primary N) is 1. The van der Waals surface area contributed by atoms with E-state index in [2.05, 4.69) is 0 Å². The summed E-state index contributed by atoms with van der Waals surface area (Å²) in [4.78, 5) is 1.80. The summed E-state index contributed by atoms with van der Waals surface area (Å²) in [5, 5.41) is 0. The smallest absolute Gasteiger partial charge is 0.371 e. The van der Waals surface area contributed by atoms with Gasteiger partial charge in [0, 0.05) is 24.8 Å². The van der Waals surface area contributed by atoms with Crippen LogP contribution in [-0.4, -0.2) is 19.1 Å². The van der Waals surface area contributed by atoms with E-state index in [0.717, 1.165) is 25.7 Å². The molecule has 0 amide bonds. The van der Waals surface area contributed by atoms with E-state index in [1.165, 1.54) is 6.07 Å². The number of rotatable bonds is 4. The van der Waals surface area contributed by atoms with Crippen LogP contribution < -0.4 is 10.6 Å². The van der Waals surface area contributed by atoms with E-state index in [1.54, 1.807) is 31.0 Å². The topological polar surface area (TPSA) is 29.3 Å². The van der Waals surface area contributed by atoms with Gasteiger partial charge in [0.25, 0.3) is 0 Å². The molecule has 0 bridgehead atoms. The standard InChI is InChI=1S/C16H23F3N2/c1-11(20)9-12-7-8-15(14(10-12)16(17,18)19)21(2)13-5-3-4-6-13/h7-8,10-11,13H,3-6,9,20H2,1-2H3. The van der Waals surface area contributed by atoms with Crippen molar-refractivity contribution in [2.45, 2.75) is 57.3 Å². The molecule has 1 aliphatic carbocycles. The zero-order valence-electron chi connectivity index (χ0n) is 12.6. The number of hydrogen-bond donors (Lipinski definition) is 1. The quantitative estimate of drug-likeness (QED) is 0.911. The van der Waals surface area contributed by atoms with Crippen molar-refractivity contribution in [3.63, 3.8) is 0 Å². The molecule has 0 aliphatic heterocycles. The minimum Gasteiger partial charge on any atom is -0.371 e. The number of alkyl halides is 3.